The third-order valence-electron chi connectivity index (χ3n) is 3.88. The molecule has 1 aliphatic heterocycles. The van der Waals surface area contributed by atoms with E-state index in [1.807, 2.05) is 0 Å². The van der Waals surface area contributed by atoms with Crippen molar-refractivity contribution in [2.24, 2.45) is 0 Å². The van der Waals surface area contributed by atoms with Gasteiger partial charge in [-0.1, -0.05) is 23.2 Å². The fourth-order valence-corrected chi connectivity index (χ4v) is 3.11. The van der Waals surface area contributed by atoms with Gasteiger partial charge in [-0.3, -0.25) is 9.59 Å². The van der Waals surface area contributed by atoms with Crippen molar-refractivity contribution in [3.05, 3.63) is 52.3 Å². The van der Waals surface area contributed by atoms with Gasteiger partial charge in [0.1, 0.15) is 5.69 Å². The Morgan fingerprint density at radius 3 is 2.28 bits per heavy atom. The first kappa shape index (κ1) is 17.5. The number of benzene rings is 1. The van der Waals surface area contributed by atoms with E-state index in [1.165, 1.54) is 0 Å². The van der Waals surface area contributed by atoms with Gasteiger partial charge in [0.25, 0.3) is 5.91 Å². The molecule has 1 aromatic heterocycles. The van der Waals surface area contributed by atoms with Crippen molar-refractivity contribution in [1.29, 1.82) is 0 Å². The summed E-state index contributed by atoms with van der Waals surface area (Å²) in [5, 5.41) is 4.21. The maximum Gasteiger partial charge on any atom is 0.272 e. The maximum absolute atomic E-state index is 12.5. The van der Waals surface area contributed by atoms with Crippen LogP contribution >= 0.6 is 23.2 Å². The van der Waals surface area contributed by atoms with Crippen LogP contribution in [0.15, 0.2) is 36.5 Å². The monoisotopic (exact) mass is 378 g/mol. The van der Waals surface area contributed by atoms with Crippen molar-refractivity contribution in [2.75, 3.05) is 31.5 Å². The first-order chi connectivity index (χ1) is 12.0. The Bertz CT molecular complexity index is 754. The molecule has 1 saturated heterocycles. The van der Waals surface area contributed by atoms with Gasteiger partial charge in [-0.2, -0.15) is 0 Å². The second-order valence-electron chi connectivity index (χ2n) is 5.65. The number of aromatic nitrogens is 1. The minimum atomic E-state index is -0.136. The van der Waals surface area contributed by atoms with Gasteiger partial charge in [0.15, 0.2) is 0 Å². The molecule has 1 aromatic carbocycles. The highest BCUT2D eigenvalue weighted by atomic mass is 35.5. The van der Waals surface area contributed by atoms with Crippen LogP contribution in [0.3, 0.4) is 0 Å². The molecule has 2 heterocycles. The number of amides is 2. The van der Waals surface area contributed by atoms with Gasteiger partial charge in [0.2, 0.25) is 6.41 Å². The third kappa shape index (κ3) is 4.41. The first-order valence-corrected chi connectivity index (χ1v) is 8.48. The van der Waals surface area contributed by atoms with Crippen LogP contribution in [0.25, 0.3) is 0 Å². The smallest absolute Gasteiger partial charge is 0.272 e. The molecule has 0 unspecified atom stereocenters. The van der Waals surface area contributed by atoms with Crippen LogP contribution in [0, 0.1) is 0 Å². The number of piperazine rings is 1. The third-order valence-corrected chi connectivity index (χ3v) is 4.32. The molecule has 1 N–H and O–H groups in total. The van der Waals surface area contributed by atoms with Gasteiger partial charge in [0.05, 0.1) is 11.9 Å². The molecule has 1 aliphatic rings. The average Bonchev–Trinajstić information content (AvgIpc) is 2.61. The summed E-state index contributed by atoms with van der Waals surface area (Å²) >= 11 is 11.9. The highest BCUT2D eigenvalue weighted by molar-refractivity contribution is 6.35. The Morgan fingerprint density at radius 2 is 1.72 bits per heavy atom. The molecule has 0 radical (unpaired) electrons. The van der Waals surface area contributed by atoms with E-state index in [1.54, 1.807) is 46.3 Å². The molecule has 3 rings (SSSR count). The van der Waals surface area contributed by atoms with Crippen LogP contribution in [-0.2, 0) is 4.79 Å². The van der Waals surface area contributed by atoms with Crippen molar-refractivity contribution >= 4 is 46.9 Å². The minimum absolute atomic E-state index is 0.136. The van der Waals surface area contributed by atoms with E-state index in [9.17, 15) is 9.59 Å². The summed E-state index contributed by atoms with van der Waals surface area (Å²) in [6, 6.07) is 8.59. The topological polar surface area (TPSA) is 65.5 Å². The average molecular weight is 379 g/mol. The molecule has 2 aromatic rings. The highest BCUT2D eigenvalue weighted by Crippen LogP contribution is 2.25. The lowest BCUT2D eigenvalue weighted by molar-refractivity contribution is -0.119. The fraction of sp³-hybridized carbons (Fsp3) is 0.235. The molecule has 130 valence electrons. The molecular formula is C17H16Cl2N4O2. The molecule has 0 saturated carbocycles. The van der Waals surface area contributed by atoms with Gasteiger partial charge in [-0.15, -0.1) is 0 Å². The van der Waals surface area contributed by atoms with Crippen LogP contribution in [0.5, 0.6) is 0 Å². The first-order valence-electron chi connectivity index (χ1n) is 7.73. The molecule has 8 heteroatoms. The molecule has 25 heavy (non-hydrogen) atoms. The van der Waals surface area contributed by atoms with Gasteiger partial charge in [0, 0.05) is 41.9 Å². The van der Waals surface area contributed by atoms with E-state index in [-0.39, 0.29) is 5.91 Å². The summed E-state index contributed by atoms with van der Waals surface area (Å²) < 4.78 is 0. The number of hydrogen-bond acceptors (Lipinski definition) is 4. The molecule has 6 nitrogen and oxygen atoms in total. The summed E-state index contributed by atoms with van der Waals surface area (Å²) in [6.07, 6.45) is 2.40. The lowest BCUT2D eigenvalue weighted by Crippen LogP contribution is -2.48. The standard InChI is InChI=1S/C17H16Cl2N4O2/c18-12-7-13(19)9-15(8-12)21-14-1-2-16(20-10-14)17(25)23-5-3-22(11-24)4-6-23/h1-2,7-11,21H,3-6H2. The van der Waals surface area contributed by atoms with E-state index >= 15 is 0 Å². The zero-order valence-electron chi connectivity index (χ0n) is 13.3. The SMILES string of the molecule is O=CN1CCN(C(=O)c2ccc(Nc3cc(Cl)cc(Cl)c3)cn2)CC1. The normalized spacial score (nSPS) is 14.3. The number of carbonyl (C=O) groups is 2. The van der Waals surface area contributed by atoms with E-state index in [0.29, 0.717) is 41.9 Å². The Hall–Kier alpha value is -2.31. The molecule has 0 atom stereocenters. The molecule has 0 spiro atoms. The van der Waals surface area contributed by atoms with E-state index in [4.69, 9.17) is 23.2 Å². The Kier molecular flexibility index (Phi) is 5.40. The second kappa shape index (κ2) is 7.72. The van der Waals surface area contributed by atoms with Crippen LogP contribution in [0.2, 0.25) is 10.0 Å². The number of halogens is 2. The molecule has 0 aliphatic carbocycles. The Morgan fingerprint density at radius 1 is 1.04 bits per heavy atom. The van der Waals surface area contributed by atoms with Crippen molar-refractivity contribution < 1.29 is 9.59 Å². The summed E-state index contributed by atoms with van der Waals surface area (Å²) in [6.45, 7) is 2.12. The van der Waals surface area contributed by atoms with Crippen molar-refractivity contribution in [1.82, 2.24) is 14.8 Å². The van der Waals surface area contributed by atoms with E-state index in [2.05, 4.69) is 10.3 Å². The summed E-state index contributed by atoms with van der Waals surface area (Å²) in [5.41, 5.74) is 1.83. The molecule has 1 fully saturated rings. The van der Waals surface area contributed by atoms with Crippen LogP contribution in [-0.4, -0.2) is 53.3 Å². The predicted molar refractivity (Wildman–Crippen MR) is 97.5 cm³/mol. The zero-order valence-corrected chi connectivity index (χ0v) is 14.8. The van der Waals surface area contributed by atoms with Crippen molar-refractivity contribution in [2.45, 2.75) is 0 Å². The summed E-state index contributed by atoms with van der Waals surface area (Å²) in [7, 11) is 0. The van der Waals surface area contributed by atoms with Crippen LogP contribution < -0.4 is 5.32 Å². The van der Waals surface area contributed by atoms with Crippen LogP contribution in [0.4, 0.5) is 11.4 Å². The largest absolute Gasteiger partial charge is 0.354 e. The Balaban J connectivity index is 1.65. The van der Waals surface area contributed by atoms with Gasteiger partial charge in [-0.25, -0.2) is 4.98 Å². The number of pyridine rings is 1. The Labute approximate surface area is 155 Å². The number of rotatable bonds is 4. The minimum Gasteiger partial charge on any atom is -0.354 e. The quantitative estimate of drug-likeness (QED) is 0.830. The van der Waals surface area contributed by atoms with Gasteiger partial charge >= 0.3 is 0 Å². The maximum atomic E-state index is 12.5. The van der Waals surface area contributed by atoms with Crippen molar-refractivity contribution in [3.63, 3.8) is 0 Å². The van der Waals surface area contributed by atoms with Gasteiger partial charge in [-0.05, 0) is 30.3 Å². The molecule has 2 amide bonds. The van der Waals surface area contributed by atoms with E-state index in [0.717, 1.165) is 17.8 Å². The molecular weight excluding hydrogens is 363 g/mol. The zero-order chi connectivity index (χ0) is 17.8. The number of carbonyl (C=O) groups excluding carboxylic acids is 2. The fourth-order valence-electron chi connectivity index (χ4n) is 2.58. The van der Waals surface area contributed by atoms with Gasteiger partial charge < -0.3 is 15.1 Å². The summed E-state index contributed by atoms with van der Waals surface area (Å²) in [5.74, 6) is -0.136. The highest BCUT2D eigenvalue weighted by Gasteiger charge is 2.22. The van der Waals surface area contributed by atoms with Crippen LogP contribution in [0.1, 0.15) is 10.5 Å². The number of anilines is 2. The lowest BCUT2D eigenvalue weighted by atomic mass is 10.2. The second-order valence-corrected chi connectivity index (χ2v) is 6.52. The molecule has 0 bridgehead atoms. The predicted octanol–water partition coefficient (Wildman–Crippen LogP) is 3.05. The van der Waals surface area contributed by atoms with Crippen molar-refractivity contribution in [3.8, 4) is 0 Å². The number of hydrogen-bond donors (Lipinski definition) is 1. The lowest BCUT2D eigenvalue weighted by Gasteiger charge is -2.32. The summed E-state index contributed by atoms with van der Waals surface area (Å²) in [4.78, 5) is 30.8. The van der Waals surface area contributed by atoms with E-state index < -0.39 is 0 Å². The number of nitrogens with zero attached hydrogens (tertiary/aromatic N) is 3. The number of nitrogens with one attached hydrogen (secondary N) is 1.